The van der Waals surface area contributed by atoms with E-state index in [0.717, 1.165) is 50.8 Å². The summed E-state index contributed by atoms with van der Waals surface area (Å²) < 4.78 is 11.2. The van der Waals surface area contributed by atoms with Gasteiger partial charge in [0.1, 0.15) is 5.76 Å². The second kappa shape index (κ2) is 6.98. The van der Waals surface area contributed by atoms with Crippen molar-refractivity contribution in [3.63, 3.8) is 0 Å². The first-order valence-corrected chi connectivity index (χ1v) is 7.96. The van der Waals surface area contributed by atoms with Crippen LogP contribution in [0.25, 0.3) is 0 Å². The van der Waals surface area contributed by atoms with Gasteiger partial charge in [0.05, 0.1) is 12.4 Å². The number of nitrogens with one attached hydrogen (secondary N) is 1. The lowest BCUT2D eigenvalue weighted by atomic mass is 9.88. The molecule has 2 fully saturated rings. The van der Waals surface area contributed by atoms with E-state index in [0.29, 0.717) is 12.0 Å². The van der Waals surface area contributed by atoms with Gasteiger partial charge in [0.25, 0.3) is 0 Å². The molecule has 0 bridgehead atoms. The van der Waals surface area contributed by atoms with Crippen molar-refractivity contribution in [2.75, 3.05) is 33.3 Å². The van der Waals surface area contributed by atoms with Crippen molar-refractivity contribution in [1.82, 2.24) is 10.2 Å². The van der Waals surface area contributed by atoms with Crippen molar-refractivity contribution in [3.05, 3.63) is 24.2 Å². The Kier molecular flexibility index (Phi) is 4.80. The van der Waals surface area contributed by atoms with Gasteiger partial charge in [-0.3, -0.25) is 4.99 Å². The molecule has 2 aliphatic heterocycles. The molecule has 0 radical (unpaired) electrons. The molecule has 5 nitrogen and oxygen atoms in total. The Morgan fingerprint density at radius 2 is 2.43 bits per heavy atom. The molecule has 1 N–H and O–H groups in total. The summed E-state index contributed by atoms with van der Waals surface area (Å²) in [5.74, 6) is 2.68. The molecule has 0 aliphatic carbocycles. The lowest BCUT2D eigenvalue weighted by Crippen LogP contribution is -2.52. The van der Waals surface area contributed by atoms with E-state index in [4.69, 9.17) is 9.15 Å². The summed E-state index contributed by atoms with van der Waals surface area (Å²) in [6.07, 6.45) is 6.66. The molecule has 0 spiro atoms. The second-order valence-corrected chi connectivity index (χ2v) is 5.85. The third kappa shape index (κ3) is 3.59. The number of ether oxygens (including phenoxy) is 1. The number of furan rings is 1. The average molecular weight is 291 g/mol. The molecule has 116 valence electrons. The van der Waals surface area contributed by atoms with Crippen LogP contribution in [0.2, 0.25) is 0 Å². The van der Waals surface area contributed by atoms with Gasteiger partial charge in [0, 0.05) is 45.6 Å². The minimum Gasteiger partial charge on any atom is -0.469 e. The molecule has 2 atom stereocenters. The van der Waals surface area contributed by atoms with E-state index in [1.165, 1.54) is 12.8 Å². The predicted octanol–water partition coefficient (Wildman–Crippen LogP) is 1.90. The number of nitrogens with zero attached hydrogens (tertiary/aromatic N) is 2. The SMILES string of the molecule is CN=C(NCCc1ccco1)N1CC[C@@H]2OCCC[C@@H]2C1. The lowest BCUT2D eigenvalue weighted by Gasteiger charge is -2.42. The van der Waals surface area contributed by atoms with Crippen LogP contribution in [0.3, 0.4) is 0 Å². The van der Waals surface area contributed by atoms with Crippen molar-refractivity contribution < 1.29 is 9.15 Å². The summed E-state index contributed by atoms with van der Waals surface area (Å²) in [6, 6.07) is 3.94. The van der Waals surface area contributed by atoms with Crippen LogP contribution in [0.1, 0.15) is 25.0 Å². The molecule has 21 heavy (non-hydrogen) atoms. The van der Waals surface area contributed by atoms with Gasteiger partial charge in [-0.05, 0) is 31.4 Å². The number of hydrogen-bond donors (Lipinski definition) is 1. The molecular weight excluding hydrogens is 266 g/mol. The maximum absolute atomic E-state index is 5.87. The van der Waals surface area contributed by atoms with Crippen molar-refractivity contribution in [2.24, 2.45) is 10.9 Å². The van der Waals surface area contributed by atoms with Gasteiger partial charge in [-0.1, -0.05) is 0 Å². The smallest absolute Gasteiger partial charge is 0.193 e. The Bertz CT molecular complexity index is 458. The molecule has 3 heterocycles. The van der Waals surface area contributed by atoms with Crippen molar-refractivity contribution in [1.29, 1.82) is 0 Å². The number of piperidine rings is 1. The zero-order valence-corrected chi connectivity index (χ0v) is 12.8. The Morgan fingerprint density at radius 3 is 3.24 bits per heavy atom. The highest BCUT2D eigenvalue weighted by Crippen LogP contribution is 2.28. The van der Waals surface area contributed by atoms with Crippen LogP contribution in [0.5, 0.6) is 0 Å². The average Bonchev–Trinajstić information content (AvgIpc) is 3.04. The van der Waals surface area contributed by atoms with E-state index >= 15 is 0 Å². The van der Waals surface area contributed by atoms with Crippen LogP contribution in [0.15, 0.2) is 27.8 Å². The van der Waals surface area contributed by atoms with Gasteiger partial charge in [-0.15, -0.1) is 0 Å². The van der Waals surface area contributed by atoms with Crippen molar-refractivity contribution >= 4 is 5.96 Å². The number of guanidine groups is 1. The molecule has 0 aromatic carbocycles. The van der Waals surface area contributed by atoms with E-state index < -0.39 is 0 Å². The topological polar surface area (TPSA) is 50.0 Å². The molecule has 0 amide bonds. The summed E-state index contributed by atoms with van der Waals surface area (Å²) in [4.78, 5) is 6.80. The molecule has 0 unspecified atom stereocenters. The summed E-state index contributed by atoms with van der Waals surface area (Å²) in [5.41, 5.74) is 0. The normalized spacial score (nSPS) is 26.5. The van der Waals surface area contributed by atoms with Crippen molar-refractivity contribution in [2.45, 2.75) is 31.8 Å². The van der Waals surface area contributed by atoms with Gasteiger partial charge >= 0.3 is 0 Å². The van der Waals surface area contributed by atoms with Crippen LogP contribution in [0, 0.1) is 5.92 Å². The molecule has 0 saturated carbocycles. The van der Waals surface area contributed by atoms with Gasteiger partial charge in [0.2, 0.25) is 0 Å². The Balaban J connectivity index is 1.49. The highest BCUT2D eigenvalue weighted by molar-refractivity contribution is 5.80. The first kappa shape index (κ1) is 14.4. The van der Waals surface area contributed by atoms with E-state index in [2.05, 4.69) is 15.2 Å². The third-order valence-electron chi connectivity index (χ3n) is 4.46. The summed E-state index contributed by atoms with van der Waals surface area (Å²) >= 11 is 0. The van der Waals surface area contributed by atoms with Crippen LogP contribution in [-0.4, -0.2) is 50.3 Å². The van der Waals surface area contributed by atoms with Crippen LogP contribution in [-0.2, 0) is 11.2 Å². The number of fused-ring (bicyclic) bond motifs is 1. The van der Waals surface area contributed by atoms with E-state index in [9.17, 15) is 0 Å². The molecule has 1 aromatic rings. The number of rotatable bonds is 3. The lowest BCUT2D eigenvalue weighted by molar-refractivity contribution is -0.0559. The standard InChI is InChI=1S/C16H25N3O2/c1-17-16(18-8-6-14-5-3-10-20-14)19-9-7-15-13(12-19)4-2-11-21-15/h3,5,10,13,15H,2,4,6-9,11-12H2,1H3,(H,17,18)/t13-,15+/m1/s1. The van der Waals surface area contributed by atoms with E-state index in [-0.39, 0.29) is 0 Å². The maximum atomic E-state index is 5.87. The number of aliphatic imine (C=N–C) groups is 1. The Morgan fingerprint density at radius 1 is 1.48 bits per heavy atom. The minimum absolute atomic E-state index is 0.469. The quantitative estimate of drug-likeness (QED) is 0.682. The molecule has 5 heteroatoms. The van der Waals surface area contributed by atoms with E-state index in [1.54, 1.807) is 6.26 Å². The molecule has 2 saturated heterocycles. The Hall–Kier alpha value is -1.49. The summed E-state index contributed by atoms with van der Waals surface area (Å²) in [5, 5.41) is 3.45. The molecule has 3 rings (SSSR count). The number of likely N-dealkylation sites (tertiary alicyclic amines) is 1. The fraction of sp³-hybridized carbons (Fsp3) is 0.688. The van der Waals surface area contributed by atoms with Crippen LogP contribution >= 0.6 is 0 Å². The molecule has 2 aliphatic rings. The fourth-order valence-electron chi connectivity index (χ4n) is 3.36. The fourth-order valence-corrected chi connectivity index (χ4v) is 3.36. The Labute approximate surface area is 126 Å². The largest absolute Gasteiger partial charge is 0.469 e. The zero-order valence-electron chi connectivity index (χ0n) is 12.8. The van der Waals surface area contributed by atoms with Crippen molar-refractivity contribution in [3.8, 4) is 0 Å². The number of hydrogen-bond acceptors (Lipinski definition) is 3. The first-order chi connectivity index (χ1) is 10.4. The van der Waals surface area contributed by atoms with Gasteiger partial charge in [-0.2, -0.15) is 0 Å². The molecular formula is C16H25N3O2. The highest BCUT2D eigenvalue weighted by atomic mass is 16.5. The second-order valence-electron chi connectivity index (χ2n) is 5.85. The monoisotopic (exact) mass is 291 g/mol. The maximum Gasteiger partial charge on any atom is 0.193 e. The summed E-state index contributed by atoms with van der Waals surface area (Å²) in [7, 11) is 1.86. The van der Waals surface area contributed by atoms with Gasteiger partial charge < -0.3 is 19.4 Å². The predicted molar refractivity (Wildman–Crippen MR) is 82.4 cm³/mol. The minimum atomic E-state index is 0.469. The van der Waals surface area contributed by atoms with Crippen LogP contribution in [0.4, 0.5) is 0 Å². The highest BCUT2D eigenvalue weighted by Gasteiger charge is 2.33. The first-order valence-electron chi connectivity index (χ1n) is 7.96. The molecule has 1 aromatic heterocycles. The van der Waals surface area contributed by atoms with Gasteiger partial charge in [0.15, 0.2) is 5.96 Å². The summed E-state index contributed by atoms with van der Waals surface area (Å²) in [6.45, 7) is 3.88. The van der Waals surface area contributed by atoms with E-state index in [1.807, 2.05) is 19.2 Å². The van der Waals surface area contributed by atoms with Gasteiger partial charge in [-0.25, -0.2) is 0 Å². The zero-order chi connectivity index (χ0) is 14.5. The van der Waals surface area contributed by atoms with Crippen LogP contribution < -0.4 is 5.32 Å². The third-order valence-corrected chi connectivity index (χ3v) is 4.46.